The van der Waals surface area contributed by atoms with Crippen LogP contribution in [0.5, 0.6) is 0 Å². The van der Waals surface area contributed by atoms with E-state index in [1.165, 1.54) is 0 Å². The van der Waals surface area contributed by atoms with E-state index in [1.807, 2.05) is 13.8 Å². The van der Waals surface area contributed by atoms with Crippen molar-refractivity contribution in [2.75, 3.05) is 11.1 Å². The van der Waals surface area contributed by atoms with Crippen LogP contribution in [0.4, 0.5) is 11.5 Å². The molecule has 5 heteroatoms. The van der Waals surface area contributed by atoms with Crippen molar-refractivity contribution in [1.82, 2.24) is 9.78 Å². The van der Waals surface area contributed by atoms with Gasteiger partial charge in [-0.3, -0.25) is 0 Å². The van der Waals surface area contributed by atoms with Gasteiger partial charge in [0.1, 0.15) is 5.82 Å². The summed E-state index contributed by atoms with van der Waals surface area (Å²) in [6.07, 6.45) is 1.16. The number of rotatable bonds is 4. The zero-order valence-electron chi connectivity index (χ0n) is 8.86. The Kier molecular flexibility index (Phi) is 3.35. The normalized spacial score (nSPS) is 13.2. The van der Waals surface area contributed by atoms with E-state index < -0.39 is 6.10 Å². The molecule has 0 fully saturated rings. The maximum atomic E-state index is 9.24. The average molecular weight is 198 g/mol. The van der Waals surface area contributed by atoms with Crippen molar-refractivity contribution in [3.8, 4) is 0 Å². The van der Waals surface area contributed by atoms with E-state index in [0.717, 1.165) is 5.82 Å². The number of nitrogens with one attached hydrogen (secondary N) is 1. The summed E-state index contributed by atoms with van der Waals surface area (Å²) in [5, 5.41) is 16.5. The highest BCUT2D eigenvalue weighted by Crippen LogP contribution is 2.18. The van der Waals surface area contributed by atoms with Gasteiger partial charge in [-0.15, -0.1) is 0 Å². The number of aliphatic hydroxyl groups is 1. The van der Waals surface area contributed by atoms with E-state index >= 15 is 0 Å². The molecular formula is C9H18N4O. The van der Waals surface area contributed by atoms with Gasteiger partial charge in [-0.05, 0) is 20.8 Å². The Morgan fingerprint density at radius 2 is 2.21 bits per heavy atom. The molecule has 0 bridgehead atoms. The number of hydrogen-bond acceptors (Lipinski definition) is 4. The number of nitrogen functional groups attached to an aromatic ring is 1. The highest BCUT2D eigenvalue weighted by molar-refractivity contribution is 5.60. The minimum absolute atomic E-state index is 0.293. The fourth-order valence-electron chi connectivity index (χ4n) is 1.22. The molecule has 80 valence electrons. The van der Waals surface area contributed by atoms with E-state index in [-0.39, 0.29) is 0 Å². The fraction of sp³-hybridized carbons (Fsp3) is 0.667. The quantitative estimate of drug-likeness (QED) is 0.664. The van der Waals surface area contributed by atoms with Gasteiger partial charge in [0, 0.05) is 6.04 Å². The number of hydrogen-bond donors (Lipinski definition) is 3. The molecule has 1 unspecified atom stereocenters. The summed E-state index contributed by atoms with van der Waals surface area (Å²) in [4.78, 5) is 0. The van der Waals surface area contributed by atoms with E-state index in [1.54, 1.807) is 17.8 Å². The molecule has 0 saturated heterocycles. The van der Waals surface area contributed by atoms with Crippen LogP contribution >= 0.6 is 0 Å². The summed E-state index contributed by atoms with van der Waals surface area (Å²) in [6.45, 7) is 6.22. The zero-order chi connectivity index (χ0) is 10.7. The maximum Gasteiger partial charge on any atom is 0.148 e. The third-order valence-corrected chi connectivity index (χ3v) is 1.73. The predicted octanol–water partition coefficient (Wildman–Crippen LogP) is 0.666. The first-order chi connectivity index (χ1) is 6.50. The van der Waals surface area contributed by atoms with Crippen molar-refractivity contribution in [2.24, 2.45) is 0 Å². The number of nitrogens with zero attached hydrogens (tertiary/aromatic N) is 2. The maximum absolute atomic E-state index is 9.24. The van der Waals surface area contributed by atoms with Gasteiger partial charge in [0.05, 0.1) is 24.5 Å². The van der Waals surface area contributed by atoms with E-state index in [9.17, 15) is 5.11 Å². The van der Waals surface area contributed by atoms with Gasteiger partial charge >= 0.3 is 0 Å². The third kappa shape index (κ3) is 2.63. The van der Waals surface area contributed by atoms with Crippen molar-refractivity contribution in [3.63, 3.8) is 0 Å². The van der Waals surface area contributed by atoms with Crippen LogP contribution in [0.25, 0.3) is 0 Å². The Hall–Kier alpha value is -1.23. The van der Waals surface area contributed by atoms with Gasteiger partial charge in [0.25, 0.3) is 0 Å². The van der Waals surface area contributed by atoms with Crippen molar-refractivity contribution >= 4 is 11.5 Å². The molecule has 4 N–H and O–H groups in total. The minimum atomic E-state index is -0.429. The van der Waals surface area contributed by atoms with E-state index in [2.05, 4.69) is 10.4 Å². The lowest BCUT2D eigenvalue weighted by Crippen LogP contribution is -2.19. The molecule has 5 nitrogen and oxygen atoms in total. The second kappa shape index (κ2) is 4.32. The molecule has 0 aliphatic rings. The largest absolute Gasteiger partial charge is 0.394 e. The van der Waals surface area contributed by atoms with Crippen molar-refractivity contribution in [1.29, 1.82) is 0 Å². The fourth-order valence-corrected chi connectivity index (χ4v) is 1.22. The number of nitrogens with two attached hydrogens (primary N) is 1. The summed E-state index contributed by atoms with van der Waals surface area (Å²) >= 11 is 0. The lowest BCUT2D eigenvalue weighted by Gasteiger charge is -2.14. The van der Waals surface area contributed by atoms with Gasteiger partial charge in [0.15, 0.2) is 0 Å². The molecule has 0 aromatic carbocycles. The summed E-state index contributed by atoms with van der Waals surface area (Å²) in [6, 6.07) is 0.293. The third-order valence-electron chi connectivity index (χ3n) is 1.73. The van der Waals surface area contributed by atoms with E-state index in [0.29, 0.717) is 18.3 Å². The van der Waals surface area contributed by atoms with Gasteiger partial charge in [-0.2, -0.15) is 5.10 Å². The molecule has 1 rings (SSSR count). The van der Waals surface area contributed by atoms with Crippen LogP contribution in [-0.2, 0) is 6.54 Å². The topological polar surface area (TPSA) is 76.1 Å². The average Bonchev–Trinajstić information content (AvgIpc) is 2.34. The van der Waals surface area contributed by atoms with Gasteiger partial charge in [-0.25, -0.2) is 4.68 Å². The number of anilines is 2. The Balaban J connectivity index is 2.82. The van der Waals surface area contributed by atoms with Crippen molar-refractivity contribution in [3.05, 3.63) is 6.20 Å². The van der Waals surface area contributed by atoms with Crippen LogP contribution in [0.1, 0.15) is 20.8 Å². The lowest BCUT2D eigenvalue weighted by atomic mass is 10.3. The van der Waals surface area contributed by atoms with Gasteiger partial charge in [0.2, 0.25) is 0 Å². The Bertz CT molecular complexity index is 293. The van der Waals surface area contributed by atoms with Crippen LogP contribution in [0.15, 0.2) is 6.20 Å². The summed E-state index contributed by atoms with van der Waals surface area (Å²) < 4.78 is 1.68. The molecule has 1 aromatic heterocycles. The van der Waals surface area contributed by atoms with Crippen molar-refractivity contribution < 1.29 is 5.11 Å². The zero-order valence-corrected chi connectivity index (χ0v) is 8.86. The number of aliphatic hydroxyl groups excluding tert-OH is 1. The molecule has 14 heavy (non-hydrogen) atoms. The van der Waals surface area contributed by atoms with Crippen LogP contribution < -0.4 is 11.1 Å². The van der Waals surface area contributed by atoms with Crippen molar-refractivity contribution in [2.45, 2.75) is 39.5 Å². The summed E-state index contributed by atoms with van der Waals surface area (Å²) in [5.74, 6) is 0.779. The van der Waals surface area contributed by atoms with Gasteiger partial charge in [-0.1, -0.05) is 0 Å². The molecule has 0 aliphatic heterocycles. The monoisotopic (exact) mass is 198 g/mol. The summed E-state index contributed by atoms with van der Waals surface area (Å²) in [5.41, 5.74) is 6.35. The first-order valence-electron chi connectivity index (χ1n) is 4.76. The Morgan fingerprint density at radius 3 is 2.71 bits per heavy atom. The highest BCUT2D eigenvalue weighted by Gasteiger charge is 2.10. The highest BCUT2D eigenvalue weighted by atomic mass is 16.3. The molecule has 0 aliphatic carbocycles. The van der Waals surface area contributed by atoms with Crippen LogP contribution in [-0.4, -0.2) is 27.0 Å². The standard InChI is InChI=1S/C9H18N4O/c1-6(2)12-9-8(10)4-11-13(9)5-7(3)14/h4,6-7,12,14H,5,10H2,1-3H3. The smallest absolute Gasteiger partial charge is 0.148 e. The molecule has 0 radical (unpaired) electrons. The molecular weight excluding hydrogens is 180 g/mol. The van der Waals surface area contributed by atoms with Crippen LogP contribution in [0, 0.1) is 0 Å². The second-order valence-electron chi connectivity index (χ2n) is 3.78. The summed E-state index contributed by atoms with van der Waals surface area (Å²) in [7, 11) is 0. The number of aromatic nitrogens is 2. The minimum Gasteiger partial charge on any atom is -0.394 e. The second-order valence-corrected chi connectivity index (χ2v) is 3.78. The Labute approximate surface area is 83.9 Å². The lowest BCUT2D eigenvalue weighted by molar-refractivity contribution is 0.169. The molecule has 1 aromatic rings. The van der Waals surface area contributed by atoms with Crippen LogP contribution in [0.2, 0.25) is 0 Å². The van der Waals surface area contributed by atoms with E-state index in [4.69, 9.17) is 5.73 Å². The molecule has 0 spiro atoms. The first kappa shape index (κ1) is 10.8. The molecule has 1 atom stereocenters. The predicted molar refractivity (Wildman–Crippen MR) is 57.1 cm³/mol. The molecule has 0 saturated carbocycles. The Morgan fingerprint density at radius 1 is 1.57 bits per heavy atom. The molecule has 1 heterocycles. The SMILES string of the molecule is CC(O)Cn1ncc(N)c1NC(C)C. The van der Waals surface area contributed by atoms with Crippen LogP contribution in [0.3, 0.4) is 0 Å². The van der Waals surface area contributed by atoms with Gasteiger partial charge < -0.3 is 16.2 Å². The first-order valence-corrected chi connectivity index (χ1v) is 4.76. The molecule has 0 amide bonds.